The Labute approximate surface area is 166 Å². The van der Waals surface area contributed by atoms with E-state index in [1.54, 1.807) is 0 Å². The number of aliphatic hydroxyl groups is 1. The molecule has 1 fully saturated rings. The Balaban J connectivity index is 1.49. The molecule has 2 aromatic heterocycles. The van der Waals surface area contributed by atoms with E-state index in [0.717, 1.165) is 43.3 Å². The molecule has 0 spiro atoms. The number of likely N-dealkylation sites (tertiary alicyclic amines) is 1. The number of aryl methyl sites for hydroxylation is 2. The first kappa shape index (κ1) is 20.5. The van der Waals surface area contributed by atoms with Gasteiger partial charge in [0, 0.05) is 51.8 Å². The third-order valence-electron chi connectivity index (χ3n) is 5.43. The molecule has 1 amide bonds. The van der Waals surface area contributed by atoms with E-state index >= 15 is 0 Å². The number of aliphatic hydroxyl groups excluding tert-OH is 1. The fourth-order valence-corrected chi connectivity index (χ4v) is 3.70. The molecule has 0 unspecified atom stereocenters. The Hall–Kier alpha value is -2.26. The summed E-state index contributed by atoms with van der Waals surface area (Å²) in [6.07, 6.45) is 4.21. The number of likely N-dealkylation sites (N-methyl/N-ethyl adjacent to an activating group) is 1. The van der Waals surface area contributed by atoms with Crippen molar-refractivity contribution in [1.29, 1.82) is 0 Å². The number of piperidine rings is 1. The minimum atomic E-state index is 0.133. The van der Waals surface area contributed by atoms with Crippen molar-refractivity contribution in [3.05, 3.63) is 29.6 Å². The second-order valence-electron chi connectivity index (χ2n) is 7.62. The van der Waals surface area contributed by atoms with Crippen LogP contribution in [-0.4, -0.2) is 78.6 Å². The Kier molecular flexibility index (Phi) is 6.79. The van der Waals surface area contributed by atoms with Crippen molar-refractivity contribution in [3.63, 3.8) is 0 Å². The minimum absolute atomic E-state index is 0.133. The summed E-state index contributed by atoms with van der Waals surface area (Å²) in [6, 6.07) is 1.95. The molecule has 9 heteroatoms. The number of hydrogen-bond donors (Lipinski definition) is 1. The fraction of sp³-hybridized carbons (Fsp3) is 0.684. The highest BCUT2D eigenvalue weighted by Crippen LogP contribution is 2.27. The third kappa shape index (κ3) is 4.96. The normalized spacial score (nSPS) is 15.5. The van der Waals surface area contributed by atoms with Gasteiger partial charge in [0.1, 0.15) is 11.6 Å². The van der Waals surface area contributed by atoms with E-state index in [0.29, 0.717) is 32.0 Å². The lowest BCUT2D eigenvalue weighted by Gasteiger charge is -2.31. The van der Waals surface area contributed by atoms with Crippen LogP contribution in [0.3, 0.4) is 0 Å². The predicted molar refractivity (Wildman–Crippen MR) is 105 cm³/mol. The van der Waals surface area contributed by atoms with E-state index < -0.39 is 0 Å². The van der Waals surface area contributed by atoms with Crippen molar-refractivity contribution >= 4 is 5.91 Å². The van der Waals surface area contributed by atoms with Gasteiger partial charge in [0.2, 0.25) is 5.91 Å². The molecular formula is C19H31N7O2. The molecular weight excluding hydrogens is 358 g/mol. The number of carbonyl (C=O) groups is 1. The smallest absolute Gasteiger partial charge is 0.224 e. The Morgan fingerprint density at radius 3 is 2.71 bits per heavy atom. The minimum Gasteiger partial charge on any atom is -0.395 e. The van der Waals surface area contributed by atoms with Crippen LogP contribution in [0.25, 0.3) is 0 Å². The molecule has 2 aromatic rings. The van der Waals surface area contributed by atoms with Crippen LogP contribution in [0.5, 0.6) is 0 Å². The van der Waals surface area contributed by atoms with Gasteiger partial charge in [0.15, 0.2) is 0 Å². The predicted octanol–water partition coefficient (Wildman–Crippen LogP) is 0.540. The molecule has 0 aliphatic carbocycles. The van der Waals surface area contributed by atoms with Crippen LogP contribution in [0.1, 0.15) is 42.5 Å². The number of hydrogen-bond acceptors (Lipinski definition) is 6. The number of amides is 1. The molecule has 3 heterocycles. The van der Waals surface area contributed by atoms with E-state index in [4.69, 9.17) is 5.11 Å². The van der Waals surface area contributed by atoms with E-state index in [1.807, 2.05) is 47.8 Å². The van der Waals surface area contributed by atoms with Gasteiger partial charge in [-0.25, -0.2) is 0 Å². The van der Waals surface area contributed by atoms with Crippen molar-refractivity contribution in [2.45, 2.75) is 45.2 Å². The number of rotatable bonds is 8. The van der Waals surface area contributed by atoms with Crippen molar-refractivity contribution in [3.8, 4) is 0 Å². The monoisotopic (exact) mass is 389 g/mol. The van der Waals surface area contributed by atoms with Crippen LogP contribution in [-0.2, 0) is 24.9 Å². The van der Waals surface area contributed by atoms with Gasteiger partial charge < -0.3 is 14.6 Å². The topological polar surface area (TPSA) is 92.3 Å². The molecule has 0 aromatic carbocycles. The Bertz CT molecular complexity index is 777. The Morgan fingerprint density at radius 1 is 1.32 bits per heavy atom. The molecule has 1 saturated heterocycles. The van der Waals surface area contributed by atoms with Crippen molar-refractivity contribution in [2.24, 2.45) is 7.05 Å². The van der Waals surface area contributed by atoms with E-state index in [-0.39, 0.29) is 12.5 Å². The molecule has 3 rings (SSSR count). The molecule has 0 atom stereocenters. The second kappa shape index (κ2) is 9.29. The number of aromatic nitrogens is 5. The van der Waals surface area contributed by atoms with Crippen molar-refractivity contribution in [2.75, 3.05) is 33.3 Å². The molecule has 1 aliphatic rings. The summed E-state index contributed by atoms with van der Waals surface area (Å²) in [6.45, 7) is 5.50. The van der Waals surface area contributed by atoms with E-state index in [9.17, 15) is 4.79 Å². The summed E-state index contributed by atoms with van der Waals surface area (Å²) >= 11 is 0. The van der Waals surface area contributed by atoms with Gasteiger partial charge in [0.05, 0.1) is 18.8 Å². The maximum atomic E-state index is 12.5. The average Bonchev–Trinajstić information content (AvgIpc) is 3.26. The lowest BCUT2D eigenvalue weighted by molar-refractivity contribution is -0.132. The lowest BCUT2D eigenvalue weighted by atomic mass is 9.95. The zero-order chi connectivity index (χ0) is 20.1. The molecule has 0 radical (unpaired) electrons. The summed E-state index contributed by atoms with van der Waals surface area (Å²) in [7, 11) is 3.96. The van der Waals surface area contributed by atoms with Crippen LogP contribution in [0.2, 0.25) is 0 Å². The Morgan fingerprint density at radius 2 is 2.07 bits per heavy atom. The maximum absolute atomic E-state index is 12.5. The molecule has 0 bridgehead atoms. The maximum Gasteiger partial charge on any atom is 0.224 e. The van der Waals surface area contributed by atoms with Gasteiger partial charge in [0.25, 0.3) is 0 Å². The molecule has 0 saturated carbocycles. The summed E-state index contributed by atoms with van der Waals surface area (Å²) in [5.74, 6) is 2.41. The molecule has 1 N–H and O–H groups in total. The largest absolute Gasteiger partial charge is 0.395 e. The fourth-order valence-electron chi connectivity index (χ4n) is 3.70. The summed E-state index contributed by atoms with van der Waals surface area (Å²) in [5, 5.41) is 22.1. The van der Waals surface area contributed by atoms with Gasteiger partial charge in [-0.3, -0.25) is 14.4 Å². The highest BCUT2D eigenvalue weighted by molar-refractivity contribution is 5.76. The van der Waals surface area contributed by atoms with Gasteiger partial charge in [-0.1, -0.05) is 0 Å². The zero-order valence-electron chi connectivity index (χ0n) is 17.1. The van der Waals surface area contributed by atoms with Crippen LogP contribution in [0.15, 0.2) is 12.3 Å². The first-order chi connectivity index (χ1) is 13.5. The van der Waals surface area contributed by atoms with Gasteiger partial charge in [-0.2, -0.15) is 5.10 Å². The third-order valence-corrected chi connectivity index (χ3v) is 5.43. The van der Waals surface area contributed by atoms with E-state index in [1.165, 1.54) is 0 Å². The summed E-state index contributed by atoms with van der Waals surface area (Å²) in [4.78, 5) is 16.5. The average molecular weight is 390 g/mol. The molecule has 28 heavy (non-hydrogen) atoms. The quantitative estimate of drug-likeness (QED) is 0.708. The number of nitrogens with zero attached hydrogens (tertiary/aromatic N) is 7. The lowest BCUT2D eigenvalue weighted by Crippen LogP contribution is -2.38. The first-order valence-electron chi connectivity index (χ1n) is 9.93. The van der Waals surface area contributed by atoms with E-state index in [2.05, 4.69) is 19.9 Å². The summed E-state index contributed by atoms with van der Waals surface area (Å²) in [5.41, 5.74) is 0.971. The highest BCUT2D eigenvalue weighted by Gasteiger charge is 2.27. The molecule has 9 nitrogen and oxygen atoms in total. The second-order valence-corrected chi connectivity index (χ2v) is 7.62. The van der Waals surface area contributed by atoms with Crippen LogP contribution < -0.4 is 0 Å². The zero-order valence-corrected chi connectivity index (χ0v) is 17.1. The van der Waals surface area contributed by atoms with Gasteiger partial charge in [-0.15, -0.1) is 10.2 Å². The van der Waals surface area contributed by atoms with Crippen LogP contribution in [0.4, 0.5) is 0 Å². The highest BCUT2D eigenvalue weighted by atomic mass is 16.3. The van der Waals surface area contributed by atoms with Crippen LogP contribution in [0, 0.1) is 6.92 Å². The SMILES string of the molecule is Cc1ccn(CCC(=O)N2CCC(c3nnc(CN(C)CCO)n3C)CC2)n1. The molecule has 154 valence electrons. The van der Waals surface area contributed by atoms with Crippen molar-refractivity contribution in [1.82, 2.24) is 34.3 Å². The van der Waals surface area contributed by atoms with Gasteiger partial charge in [-0.05, 0) is 32.9 Å². The number of carbonyl (C=O) groups excluding carboxylic acids is 1. The summed E-state index contributed by atoms with van der Waals surface area (Å²) < 4.78 is 3.89. The first-order valence-corrected chi connectivity index (χ1v) is 9.93. The van der Waals surface area contributed by atoms with Crippen molar-refractivity contribution < 1.29 is 9.90 Å². The van der Waals surface area contributed by atoms with Gasteiger partial charge >= 0.3 is 0 Å². The molecule has 1 aliphatic heterocycles. The van der Waals surface area contributed by atoms with Crippen LogP contribution >= 0.6 is 0 Å². The standard InChI is InChI=1S/C19H31N7O2/c1-15-4-10-26(22-15)11-7-18(28)25-8-5-16(6-9-25)19-21-20-17(24(19)3)14-23(2)12-13-27/h4,10,16,27H,5-9,11-14H2,1-3H3.